The van der Waals surface area contributed by atoms with Crippen LogP contribution in [-0.2, 0) is 7.05 Å². The Morgan fingerprint density at radius 1 is 0.677 bits per heavy atom. The van der Waals surface area contributed by atoms with E-state index in [2.05, 4.69) is 77.5 Å². The zero-order valence-electron chi connectivity index (χ0n) is 16.7. The van der Waals surface area contributed by atoms with Gasteiger partial charge in [-0.05, 0) is 49.2 Å². The predicted molar refractivity (Wildman–Crippen MR) is 126 cm³/mol. The standard InChI is InChI=1S/C27H16N2O2/c1-29-15-18(26(30)28-27(29)31)12-11-16-13-14-23-21-9-3-6-17-5-2-8-20(24(17)21)22-10-4-7-19(16)25(22)23/h2-10,13-15H,1H3,(H,28,30,31). The maximum absolute atomic E-state index is 12.1. The van der Waals surface area contributed by atoms with Gasteiger partial charge in [0.1, 0.15) is 5.56 Å². The number of aromatic amines is 1. The lowest BCUT2D eigenvalue weighted by Gasteiger charge is -2.14. The largest absolute Gasteiger partial charge is 0.328 e. The fourth-order valence-corrected chi connectivity index (χ4v) is 4.54. The molecule has 6 aromatic rings. The molecule has 1 heterocycles. The lowest BCUT2D eigenvalue weighted by molar-refractivity contribution is 0.795. The minimum absolute atomic E-state index is 0.262. The van der Waals surface area contributed by atoms with Gasteiger partial charge in [0.25, 0.3) is 5.56 Å². The molecule has 0 saturated carbocycles. The summed E-state index contributed by atoms with van der Waals surface area (Å²) in [7, 11) is 1.59. The van der Waals surface area contributed by atoms with E-state index in [4.69, 9.17) is 0 Å². The van der Waals surface area contributed by atoms with E-state index < -0.39 is 11.2 Å². The molecule has 6 rings (SSSR count). The van der Waals surface area contributed by atoms with Crippen molar-refractivity contribution < 1.29 is 0 Å². The molecule has 0 fully saturated rings. The van der Waals surface area contributed by atoms with Gasteiger partial charge in [-0.1, -0.05) is 72.5 Å². The lowest BCUT2D eigenvalue weighted by atomic mass is 9.88. The van der Waals surface area contributed by atoms with E-state index in [0.717, 1.165) is 10.9 Å². The number of rotatable bonds is 0. The van der Waals surface area contributed by atoms with Crippen molar-refractivity contribution in [3.05, 3.63) is 105 Å². The Labute approximate surface area is 176 Å². The molecule has 0 saturated heterocycles. The lowest BCUT2D eigenvalue weighted by Crippen LogP contribution is -2.29. The number of aromatic nitrogens is 2. The number of nitrogens with zero attached hydrogens (tertiary/aromatic N) is 1. The molecule has 0 bridgehead atoms. The van der Waals surface area contributed by atoms with E-state index in [0.29, 0.717) is 0 Å². The normalized spacial score (nSPS) is 11.4. The summed E-state index contributed by atoms with van der Waals surface area (Å²) in [5.74, 6) is 6.11. The molecule has 1 N–H and O–H groups in total. The van der Waals surface area contributed by atoms with E-state index in [1.165, 1.54) is 48.5 Å². The minimum atomic E-state index is -0.473. The first-order valence-corrected chi connectivity index (χ1v) is 10.0. The summed E-state index contributed by atoms with van der Waals surface area (Å²) in [4.78, 5) is 26.0. The van der Waals surface area contributed by atoms with Gasteiger partial charge in [0.2, 0.25) is 0 Å². The van der Waals surface area contributed by atoms with Crippen LogP contribution < -0.4 is 11.2 Å². The van der Waals surface area contributed by atoms with Crippen molar-refractivity contribution in [2.45, 2.75) is 0 Å². The molecule has 4 nitrogen and oxygen atoms in total. The van der Waals surface area contributed by atoms with Gasteiger partial charge in [-0.3, -0.25) is 9.78 Å². The zero-order valence-corrected chi connectivity index (χ0v) is 16.7. The summed E-state index contributed by atoms with van der Waals surface area (Å²) in [6.07, 6.45) is 1.47. The third kappa shape index (κ3) is 2.50. The maximum atomic E-state index is 12.1. The van der Waals surface area contributed by atoms with E-state index >= 15 is 0 Å². The molecular weight excluding hydrogens is 384 g/mol. The van der Waals surface area contributed by atoms with Gasteiger partial charge < -0.3 is 4.57 Å². The van der Waals surface area contributed by atoms with Gasteiger partial charge >= 0.3 is 5.69 Å². The Morgan fingerprint density at radius 3 is 2.00 bits per heavy atom. The number of fused-ring (bicyclic) bond motifs is 2. The van der Waals surface area contributed by atoms with Crippen molar-refractivity contribution in [1.82, 2.24) is 9.55 Å². The topological polar surface area (TPSA) is 54.9 Å². The average Bonchev–Trinajstić information content (AvgIpc) is 2.79. The second kappa shape index (κ2) is 6.32. The van der Waals surface area contributed by atoms with Crippen LogP contribution in [0.1, 0.15) is 11.1 Å². The van der Waals surface area contributed by atoms with E-state index in [9.17, 15) is 9.59 Å². The van der Waals surface area contributed by atoms with Crippen LogP contribution in [0, 0.1) is 11.8 Å². The molecular formula is C27H16N2O2. The van der Waals surface area contributed by atoms with Crippen LogP contribution in [-0.4, -0.2) is 9.55 Å². The van der Waals surface area contributed by atoms with Crippen molar-refractivity contribution >= 4 is 43.1 Å². The maximum Gasteiger partial charge on any atom is 0.328 e. The predicted octanol–water partition coefficient (Wildman–Crippen LogP) is 4.52. The molecule has 0 spiro atoms. The van der Waals surface area contributed by atoms with Crippen LogP contribution in [0.15, 0.2) is 82.5 Å². The van der Waals surface area contributed by atoms with Crippen molar-refractivity contribution in [1.29, 1.82) is 0 Å². The van der Waals surface area contributed by atoms with Crippen LogP contribution in [0.3, 0.4) is 0 Å². The number of benzene rings is 5. The number of H-pyrrole nitrogens is 1. The average molecular weight is 400 g/mol. The summed E-state index contributed by atoms with van der Waals surface area (Å²) in [5, 5.41) is 9.58. The van der Waals surface area contributed by atoms with E-state index in [1.807, 2.05) is 6.07 Å². The highest BCUT2D eigenvalue weighted by Gasteiger charge is 2.13. The molecule has 0 radical (unpaired) electrons. The molecule has 0 amide bonds. The fourth-order valence-electron chi connectivity index (χ4n) is 4.54. The van der Waals surface area contributed by atoms with Crippen molar-refractivity contribution in [2.24, 2.45) is 7.05 Å². The second-order valence-electron chi connectivity index (χ2n) is 7.76. The number of aryl methyl sites for hydroxylation is 1. The van der Waals surface area contributed by atoms with Gasteiger partial charge in [0, 0.05) is 18.8 Å². The minimum Gasteiger partial charge on any atom is -0.302 e. The highest BCUT2D eigenvalue weighted by atomic mass is 16.2. The Balaban J connectivity index is 1.70. The molecule has 5 aromatic carbocycles. The molecule has 0 aliphatic carbocycles. The molecule has 0 aliphatic heterocycles. The van der Waals surface area contributed by atoms with Crippen molar-refractivity contribution in [2.75, 3.05) is 0 Å². The van der Waals surface area contributed by atoms with Gasteiger partial charge in [-0.2, -0.15) is 0 Å². The molecule has 0 atom stereocenters. The molecule has 0 unspecified atom stereocenters. The summed E-state index contributed by atoms with van der Waals surface area (Å²) < 4.78 is 1.32. The highest BCUT2D eigenvalue weighted by molar-refractivity contribution is 6.33. The van der Waals surface area contributed by atoms with Crippen LogP contribution in [0.25, 0.3) is 43.1 Å². The Kier molecular flexibility index (Phi) is 3.57. The van der Waals surface area contributed by atoms with E-state index in [-0.39, 0.29) is 5.56 Å². The number of hydrogen-bond donors (Lipinski definition) is 1. The first kappa shape index (κ1) is 17.5. The second-order valence-corrected chi connectivity index (χ2v) is 7.76. The fraction of sp³-hybridized carbons (Fsp3) is 0.0370. The molecule has 146 valence electrons. The first-order chi connectivity index (χ1) is 15.1. The van der Waals surface area contributed by atoms with Crippen LogP contribution in [0.4, 0.5) is 0 Å². The van der Waals surface area contributed by atoms with Crippen LogP contribution >= 0.6 is 0 Å². The van der Waals surface area contributed by atoms with E-state index in [1.54, 1.807) is 7.05 Å². The summed E-state index contributed by atoms with van der Waals surface area (Å²) in [6, 6.07) is 23.3. The van der Waals surface area contributed by atoms with Gasteiger partial charge in [0.05, 0.1) is 0 Å². The Hall–Kier alpha value is -4.36. The highest BCUT2D eigenvalue weighted by Crippen LogP contribution is 2.40. The van der Waals surface area contributed by atoms with Gasteiger partial charge in [0.15, 0.2) is 0 Å². The third-order valence-corrected chi connectivity index (χ3v) is 5.97. The van der Waals surface area contributed by atoms with Crippen LogP contribution in [0.2, 0.25) is 0 Å². The Morgan fingerprint density at radius 2 is 1.26 bits per heavy atom. The Bertz CT molecular complexity index is 1800. The number of nitrogens with one attached hydrogen (secondary N) is 1. The first-order valence-electron chi connectivity index (χ1n) is 10.0. The summed E-state index contributed by atoms with van der Waals surface area (Å²) in [5.41, 5.74) is 0.182. The summed E-state index contributed by atoms with van der Waals surface area (Å²) >= 11 is 0. The third-order valence-electron chi connectivity index (χ3n) is 5.97. The summed E-state index contributed by atoms with van der Waals surface area (Å²) in [6.45, 7) is 0. The SMILES string of the molecule is Cn1cc(C#Cc2ccc3c4cccc5cccc(c6cccc2c63)c54)c(=O)[nH]c1=O. The molecule has 4 heteroatoms. The van der Waals surface area contributed by atoms with Crippen molar-refractivity contribution in [3.8, 4) is 11.8 Å². The van der Waals surface area contributed by atoms with Gasteiger partial charge in [-0.15, -0.1) is 0 Å². The number of hydrogen-bond acceptors (Lipinski definition) is 2. The molecule has 31 heavy (non-hydrogen) atoms. The quantitative estimate of drug-likeness (QED) is 0.231. The van der Waals surface area contributed by atoms with Gasteiger partial charge in [-0.25, -0.2) is 4.79 Å². The zero-order chi connectivity index (χ0) is 21.1. The molecule has 0 aliphatic rings. The van der Waals surface area contributed by atoms with Crippen LogP contribution in [0.5, 0.6) is 0 Å². The smallest absolute Gasteiger partial charge is 0.302 e. The van der Waals surface area contributed by atoms with Crippen molar-refractivity contribution in [3.63, 3.8) is 0 Å². The molecule has 1 aromatic heterocycles. The monoisotopic (exact) mass is 400 g/mol.